The minimum Gasteiger partial charge on any atom is -0.480 e. The number of hydrogen-bond acceptors (Lipinski definition) is 4. The quantitative estimate of drug-likeness (QED) is 0.718. The Morgan fingerprint density at radius 2 is 2.33 bits per heavy atom. The van der Waals surface area contributed by atoms with Gasteiger partial charge in [0.15, 0.2) is 0 Å². The van der Waals surface area contributed by atoms with E-state index < -0.39 is 12.0 Å². The third-order valence-electron chi connectivity index (χ3n) is 2.30. The molecule has 1 fully saturated rings. The maximum absolute atomic E-state index is 11.7. The van der Waals surface area contributed by atoms with Crippen molar-refractivity contribution in [1.82, 2.24) is 4.90 Å². The van der Waals surface area contributed by atoms with Gasteiger partial charge in [-0.25, -0.2) is 4.79 Å². The number of rotatable bonds is 4. The molecule has 0 aromatic carbocycles. The van der Waals surface area contributed by atoms with E-state index in [0.717, 1.165) is 0 Å². The number of nitrogens with zero attached hydrogens (tertiary/aromatic N) is 1. The number of thioether (sulfide) groups is 1. The van der Waals surface area contributed by atoms with Gasteiger partial charge in [-0.05, 0) is 13.3 Å². The van der Waals surface area contributed by atoms with Crippen LogP contribution < -0.4 is 5.73 Å². The molecule has 5 nitrogen and oxygen atoms in total. The van der Waals surface area contributed by atoms with Crippen molar-refractivity contribution in [2.24, 2.45) is 5.73 Å². The van der Waals surface area contributed by atoms with Crippen LogP contribution in [0.2, 0.25) is 0 Å². The van der Waals surface area contributed by atoms with Crippen molar-refractivity contribution < 1.29 is 14.7 Å². The molecule has 0 spiro atoms. The lowest BCUT2D eigenvalue weighted by atomic mass is 10.1. The molecule has 1 unspecified atom stereocenters. The highest BCUT2D eigenvalue weighted by Crippen LogP contribution is 2.22. The molecule has 1 aliphatic rings. The molecule has 0 saturated carbocycles. The SMILES string of the molecule is CC(N)CCC(=O)N1CSC[C@H]1C(=O)O. The topological polar surface area (TPSA) is 83.6 Å². The highest BCUT2D eigenvalue weighted by atomic mass is 32.2. The molecule has 86 valence electrons. The van der Waals surface area contributed by atoms with Gasteiger partial charge in [0, 0.05) is 18.2 Å². The van der Waals surface area contributed by atoms with E-state index in [4.69, 9.17) is 10.8 Å². The van der Waals surface area contributed by atoms with Gasteiger partial charge < -0.3 is 15.7 Å². The summed E-state index contributed by atoms with van der Waals surface area (Å²) in [7, 11) is 0. The third kappa shape index (κ3) is 3.39. The molecule has 1 heterocycles. The molecule has 15 heavy (non-hydrogen) atoms. The summed E-state index contributed by atoms with van der Waals surface area (Å²) in [5.41, 5.74) is 5.54. The highest BCUT2D eigenvalue weighted by molar-refractivity contribution is 7.99. The predicted molar refractivity (Wildman–Crippen MR) is 58.5 cm³/mol. The molecule has 0 radical (unpaired) electrons. The van der Waals surface area contributed by atoms with Gasteiger partial charge in [0.2, 0.25) is 5.91 Å². The molecule has 2 atom stereocenters. The van der Waals surface area contributed by atoms with Gasteiger partial charge in [-0.2, -0.15) is 0 Å². The van der Waals surface area contributed by atoms with E-state index in [1.54, 1.807) is 0 Å². The van der Waals surface area contributed by atoms with E-state index in [0.29, 0.717) is 24.5 Å². The third-order valence-corrected chi connectivity index (χ3v) is 3.31. The van der Waals surface area contributed by atoms with E-state index in [1.807, 2.05) is 6.92 Å². The minimum absolute atomic E-state index is 0.0208. The first-order valence-corrected chi connectivity index (χ1v) is 6.03. The summed E-state index contributed by atoms with van der Waals surface area (Å²) >= 11 is 1.47. The number of aliphatic carboxylic acids is 1. The van der Waals surface area contributed by atoms with Gasteiger partial charge in [-0.3, -0.25) is 4.79 Å². The maximum Gasteiger partial charge on any atom is 0.327 e. The van der Waals surface area contributed by atoms with E-state index in [2.05, 4.69) is 0 Å². The summed E-state index contributed by atoms with van der Waals surface area (Å²) in [6, 6.07) is -0.678. The lowest BCUT2D eigenvalue weighted by Crippen LogP contribution is -2.42. The Hall–Kier alpha value is -0.750. The number of amides is 1. The highest BCUT2D eigenvalue weighted by Gasteiger charge is 2.33. The first-order valence-electron chi connectivity index (χ1n) is 4.88. The normalized spacial score (nSPS) is 22.8. The van der Waals surface area contributed by atoms with Crippen LogP contribution in [0.15, 0.2) is 0 Å². The monoisotopic (exact) mass is 232 g/mol. The van der Waals surface area contributed by atoms with Gasteiger partial charge in [-0.15, -0.1) is 11.8 Å². The molecular weight excluding hydrogens is 216 g/mol. The first-order chi connectivity index (χ1) is 7.02. The van der Waals surface area contributed by atoms with Crippen LogP contribution in [0.3, 0.4) is 0 Å². The van der Waals surface area contributed by atoms with Crippen molar-refractivity contribution in [2.75, 3.05) is 11.6 Å². The summed E-state index contributed by atoms with van der Waals surface area (Å²) in [5.74, 6) is -0.0626. The lowest BCUT2D eigenvalue weighted by molar-refractivity contribution is -0.147. The Morgan fingerprint density at radius 3 is 2.87 bits per heavy atom. The van der Waals surface area contributed by atoms with Crippen molar-refractivity contribution in [1.29, 1.82) is 0 Å². The van der Waals surface area contributed by atoms with Crippen molar-refractivity contribution >= 4 is 23.6 Å². The molecule has 0 aliphatic carbocycles. The Kier molecular flexibility index (Phi) is 4.41. The molecule has 1 saturated heterocycles. The van der Waals surface area contributed by atoms with Crippen LogP contribution in [-0.2, 0) is 9.59 Å². The predicted octanol–water partition coefficient (Wildman–Crippen LogP) is 0.0999. The summed E-state index contributed by atoms with van der Waals surface area (Å²) in [4.78, 5) is 23.9. The van der Waals surface area contributed by atoms with Crippen molar-refractivity contribution in [2.45, 2.75) is 31.8 Å². The molecule has 1 aliphatic heterocycles. The molecular formula is C9H16N2O3S. The van der Waals surface area contributed by atoms with Crippen LogP contribution in [0.1, 0.15) is 19.8 Å². The van der Waals surface area contributed by atoms with Crippen LogP contribution in [0.25, 0.3) is 0 Å². The first kappa shape index (κ1) is 12.3. The molecule has 0 aromatic heterocycles. The van der Waals surface area contributed by atoms with Crippen molar-refractivity contribution in [3.8, 4) is 0 Å². The zero-order valence-corrected chi connectivity index (χ0v) is 9.50. The second kappa shape index (κ2) is 5.37. The number of nitrogens with two attached hydrogens (primary N) is 1. The van der Waals surface area contributed by atoms with E-state index >= 15 is 0 Å². The van der Waals surface area contributed by atoms with Gasteiger partial charge in [0.25, 0.3) is 0 Å². The molecule has 3 N–H and O–H groups in total. The van der Waals surface area contributed by atoms with Crippen LogP contribution in [0.5, 0.6) is 0 Å². The number of carbonyl (C=O) groups excluding carboxylic acids is 1. The maximum atomic E-state index is 11.7. The average Bonchev–Trinajstić information content (AvgIpc) is 2.62. The van der Waals surface area contributed by atoms with Crippen molar-refractivity contribution in [3.05, 3.63) is 0 Å². The molecule has 6 heteroatoms. The number of carboxylic acid groups (broad SMARTS) is 1. The van der Waals surface area contributed by atoms with Gasteiger partial charge in [0.05, 0.1) is 5.88 Å². The zero-order chi connectivity index (χ0) is 11.4. The summed E-state index contributed by atoms with van der Waals surface area (Å²) < 4.78 is 0. The molecule has 1 rings (SSSR count). The minimum atomic E-state index is -0.922. The van der Waals surface area contributed by atoms with E-state index in [9.17, 15) is 9.59 Å². The Bertz CT molecular complexity index is 258. The van der Waals surface area contributed by atoms with Gasteiger partial charge in [0.1, 0.15) is 6.04 Å². The molecule has 0 bridgehead atoms. The van der Waals surface area contributed by atoms with E-state index in [1.165, 1.54) is 16.7 Å². The van der Waals surface area contributed by atoms with Crippen LogP contribution in [0.4, 0.5) is 0 Å². The lowest BCUT2D eigenvalue weighted by Gasteiger charge is -2.20. The summed E-state index contributed by atoms with van der Waals surface area (Å²) in [6.45, 7) is 1.83. The average molecular weight is 232 g/mol. The van der Waals surface area contributed by atoms with Crippen molar-refractivity contribution in [3.63, 3.8) is 0 Å². The summed E-state index contributed by atoms with van der Waals surface area (Å²) in [6.07, 6.45) is 0.939. The Balaban J connectivity index is 2.47. The number of hydrogen-bond donors (Lipinski definition) is 2. The molecule has 0 aromatic rings. The fraction of sp³-hybridized carbons (Fsp3) is 0.778. The van der Waals surface area contributed by atoms with E-state index in [-0.39, 0.29) is 11.9 Å². The van der Waals surface area contributed by atoms with Crippen LogP contribution >= 0.6 is 11.8 Å². The number of carboxylic acids is 1. The largest absolute Gasteiger partial charge is 0.480 e. The standard InChI is InChI=1S/C9H16N2O3S/c1-6(10)2-3-8(12)11-5-15-4-7(11)9(13)14/h6-7H,2-5,10H2,1H3,(H,13,14)/t6?,7-/m0/s1. The fourth-order valence-electron chi connectivity index (χ4n) is 1.39. The smallest absolute Gasteiger partial charge is 0.327 e. The van der Waals surface area contributed by atoms with Crippen LogP contribution in [-0.4, -0.2) is 45.6 Å². The van der Waals surface area contributed by atoms with Gasteiger partial charge >= 0.3 is 5.97 Å². The van der Waals surface area contributed by atoms with Crippen LogP contribution in [0, 0.1) is 0 Å². The van der Waals surface area contributed by atoms with Gasteiger partial charge in [-0.1, -0.05) is 0 Å². The Morgan fingerprint density at radius 1 is 1.67 bits per heavy atom. The number of carbonyl (C=O) groups is 2. The summed E-state index contributed by atoms with van der Waals surface area (Å²) in [5, 5.41) is 8.88. The zero-order valence-electron chi connectivity index (χ0n) is 8.68. The fourth-order valence-corrected chi connectivity index (χ4v) is 2.56. The second-order valence-electron chi connectivity index (χ2n) is 3.73. The molecule has 1 amide bonds. The second-order valence-corrected chi connectivity index (χ2v) is 4.73. The Labute approximate surface area is 93.0 Å².